The molecule has 1 aliphatic heterocycles. The lowest BCUT2D eigenvalue weighted by Gasteiger charge is -2.23. The third-order valence-corrected chi connectivity index (χ3v) is 3.44. The van der Waals surface area contributed by atoms with Crippen molar-refractivity contribution in [2.75, 3.05) is 25.0 Å². The first-order valence-corrected chi connectivity index (χ1v) is 6.38. The monoisotopic (exact) mass is 249 g/mol. The largest absolute Gasteiger partial charge is 0.476 e. The van der Waals surface area contributed by atoms with E-state index in [0.29, 0.717) is 11.7 Å². The molecule has 1 atom stereocenters. The second-order valence-corrected chi connectivity index (χ2v) is 4.51. The van der Waals surface area contributed by atoms with Gasteiger partial charge in [-0.15, -0.1) is 0 Å². The Morgan fingerprint density at radius 3 is 3.22 bits per heavy atom. The molecule has 18 heavy (non-hydrogen) atoms. The Hall–Kier alpha value is -1.62. The summed E-state index contributed by atoms with van der Waals surface area (Å²) in [6, 6.07) is 4.01. The molecule has 0 amide bonds. The highest BCUT2D eigenvalue weighted by Crippen LogP contribution is 2.18. The molecule has 1 aromatic rings. The normalized spacial score (nSPS) is 19.9. The molecule has 0 radical (unpaired) electrons. The molecule has 0 spiro atoms. The quantitative estimate of drug-likeness (QED) is 0.831. The zero-order valence-corrected chi connectivity index (χ0v) is 10.6. The number of nitrogens with one attached hydrogen (secondary N) is 1. The number of rotatable bonds is 5. The van der Waals surface area contributed by atoms with Gasteiger partial charge in [-0.25, -0.2) is 9.78 Å². The number of anilines is 1. The smallest absolute Gasteiger partial charge is 0.356 e. The van der Waals surface area contributed by atoms with Gasteiger partial charge in [-0.1, -0.05) is 6.92 Å². The number of nitrogens with zero attached hydrogens (tertiary/aromatic N) is 2. The van der Waals surface area contributed by atoms with E-state index in [2.05, 4.69) is 22.1 Å². The minimum absolute atomic E-state index is 0.0959. The summed E-state index contributed by atoms with van der Waals surface area (Å²) in [6.07, 6.45) is 3.89. The van der Waals surface area contributed by atoms with Gasteiger partial charge in [0.1, 0.15) is 0 Å². The van der Waals surface area contributed by atoms with Crippen LogP contribution in [0.3, 0.4) is 0 Å². The molecule has 2 heterocycles. The predicted octanol–water partition coefficient (Wildman–Crippen LogP) is 1.68. The molecule has 2 rings (SSSR count). The Balaban J connectivity index is 2.00. The van der Waals surface area contributed by atoms with Crippen LogP contribution in [-0.4, -0.2) is 46.6 Å². The topological polar surface area (TPSA) is 65.5 Å². The fourth-order valence-corrected chi connectivity index (χ4v) is 2.49. The molecule has 0 saturated carbocycles. The molecule has 1 saturated heterocycles. The van der Waals surface area contributed by atoms with Crippen molar-refractivity contribution in [2.45, 2.75) is 25.8 Å². The molecular formula is C13H19N3O2. The Morgan fingerprint density at radius 1 is 1.67 bits per heavy atom. The van der Waals surface area contributed by atoms with E-state index in [1.54, 1.807) is 12.1 Å². The van der Waals surface area contributed by atoms with Crippen molar-refractivity contribution < 1.29 is 9.90 Å². The lowest BCUT2D eigenvalue weighted by molar-refractivity contribution is 0.0691. The van der Waals surface area contributed by atoms with E-state index < -0.39 is 5.97 Å². The van der Waals surface area contributed by atoms with Crippen LogP contribution in [0.4, 0.5) is 5.69 Å². The molecule has 0 aliphatic carbocycles. The van der Waals surface area contributed by atoms with Crippen LogP contribution in [0.5, 0.6) is 0 Å². The highest BCUT2D eigenvalue weighted by molar-refractivity contribution is 5.91. The van der Waals surface area contributed by atoms with Crippen molar-refractivity contribution >= 4 is 11.7 Å². The van der Waals surface area contributed by atoms with Crippen molar-refractivity contribution in [2.24, 2.45) is 0 Å². The lowest BCUT2D eigenvalue weighted by Crippen LogP contribution is -2.34. The highest BCUT2D eigenvalue weighted by atomic mass is 16.4. The average Bonchev–Trinajstić information content (AvgIpc) is 2.84. The molecule has 5 heteroatoms. The molecule has 1 aromatic heterocycles. The summed E-state index contributed by atoms with van der Waals surface area (Å²) in [5.41, 5.74) is 0.700. The van der Waals surface area contributed by atoms with Crippen LogP contribution in [0.15, 0.2) is 18.3 Å². The number of carbonyl (C=O) groups is 1. The first-order chi connectivity index (χ1) is 8.72. The summed E-state index contributed by atoms with van der Waals surface area (Å²) < 4.78 is 0. The van der Waals surface area contributed by atoms with E-state index in [9.17, 15) is 4.79 Å². The maximum atomic E-state index is 11.0. The third kappa shape index (κ3) is 2.79. The average molecular weight is 249 g/mol. The van der Waals surface area contributed by atoms with Gasteiger partial charge in [0, 0.05) is 18.8 Å². The van der Waals surface area contributed by atoms with Crippen LogP contribution >= 0.6 is 0 Å². The van der Waals surface area contributed by atoms with E-state index >= 15 is 0 Å². The maximum Gasteiger partial charge on any atom is 0.356 e. The summed E-state index contributed by atoms with van der Waals surface area (Å²) >= 11 is 0. The van der Waals surface area contributed by atoms with E-state index in [4.69, 9.17) is 5.11 Å². The first-order valence-electron chi connectivity index (χ1n) is 6.38. The van der Waals surface area contributed by atoms with E-state index in [0.717, 1.165) is 19.6 Å². The van der Waals surface area contributed by atoms with E-state index in [1.807, 2.05) is 0 Å². The van der Waals surface area contributed by atoms with Crippen LogP contribution in [0.1, 0.15) is 30.3 Å². The second-order valence-electron chi connectivity index (χ2n) is 4.51. The molecule has 1 fully saturated rings. The van der Waals surface area contributed by atoms with Gasteiger partial charge in [-0.05, 0) is 38.1 Å². The number of aromatic nitrogens is 1. The number of hydrogen-bond acceptors (Lipinski definition) is 4. The van der Waals surface area contributed by atoms with Crippen molar-refractivity contribution in [3.05, 3.63) is 24.0 Å². The van der Waals surface area contributed by atoms with Crippen molar-refractivity contribution in [3.8, 4) is 0 Å². The molecule has 1 aliphatic rings. The van der Waals surface area contributed by atoms with Gasteiger partial charge in [0.15, 0.2) is 5.69 Å². The Bertz CT molecular complexity index is 422. The number of pyridine rings is 1. The molecule has 1 unspecified atom stereocenters. The van der Waals surface area contributed by atoms with Crippen LogP contribution in [-0.2, 0) is 0 Å². The van der Waals surface area contributed by atoms with Crippen molar-refractivity contribution in [1.29, 1.82) is 0 Å². The molecule has 98 valence electrons. The molecule has 0 bridgehead atoms. The number of likely N-dealkylation sites (N-methyl/N-ethyl adjacent to an activating group) is 1. The van der Waals surface area contributed by atoms with Crippen LogP contribution in [0.2, 0.25) is 0 Å². The Labute approximate surface area is 107 Å². The van der Waals surface area contributed by atoms with Crippen LogP contribution < -0.4 is 5.32 Å². The Morgan fingerprint density at radius 2 is 2.50 bits per heavy atom. The minimum atomic E-state index is -0.989. The predicted molar refractivity (Wildman–Crippen MR) is 70.0 cm³/mol. The minimum Gasteiger partial charge on any atom is -0.476 e. The van der Waals surface area contributed by atoms with Gasteiger partial charge in [0.05, 0.1) is 5.69 Å². The summed E-state index contributed by atoms with van der Waals surface area (Å²) in [5, 5.41) is 12.3. The van der Waals surface area contributed by atoms with Gasteiger partial charge in [-0.2, -0.15) is 0 Å². The summed E-state index contributed by atoms with van der Waals surface area (Å²) in [6.45, 7) is 5.12. The molecule has 0 aromatic carbocycles. The zero-order valence-electron chi connectivity index (χ0n) is 10.6. The third-order valence-electron chi connectivity index (χ3n) is 3.44. The van der Waals surface area contributed by atoms with Crippen LogP contribution in [0, 0.1) is 0 Å². The molecule has 2 N–H and O–H groups in total. The summed E-state index contributed by atoms with van der Waals surface area (Å²) in [7, 11) is 0. The number of carboxylic acids is 1. The maximum absolute atomic E-state index is 11.0. The highest BCUT2D eigenvalue weighted by Gasteiger charge is 2.23. The summed E-state index contributed by atoms with van der Waals surface area (Å²) in [4.78, 5) is 17.3. The van der Waals surface area contributed by atoms with E-state index in [1.165, 1.54) is 19.0 Å². The number of likely N-dealkylation sites (tertiary alicyclic amines) is 1. The number of aromatic carboxylic acids is 1. The fourth-order valence-electron chi connectivity index (χ4n) is 2.49. The lowest BCUT2D eigenvalue weighted by atomic mass is 10.2. The van der Waals surface area contributed by atoms with E-state index in [-0.39, 0.29) is 5.69 Å². The number of carboxylic acid groups (broad SMARTS) is 1. The molecular weight excluding hydrogens is 230 g/mol. The SMILES string of the molecule is CCN1CCCC1CNc1cccnc1C(=O)O. The first kappa shape index (κ1) is 12.8. The van der Waals surface area contributed by atoms with Crippen molar-refractivity contribution in [1.82, 2.24) is 9.88 Å². The zero-order chi connectivity index (χ0) is 13.0. The standard InChI is InChI=1S/C13H19N3O2/c1-2-16-8-4-5-10(16)9-15-11-6-3-7-14-12(11)13(17)18/h3,6-7,10,15H,2,4-5,8-9H2,1H3,(H,17,18). The summed E-state index contributed by atoms with van der Waals surface area (Å²) in [5.74, 6) is -0.989. The number of hydrogen-bond donors (Lipinski definition) is 2. The molecule has 5 nitrogen and oxygen atoms in total. The van der Waals surface area contributed by atoms with Gasteiger partial charge in [0.2, 0.25) is 0 Å². The second kappa shape index (κ2) is 5.82. The Kier molecular flexibility index (Phi) is 4.15. The van der Waals surface area contributed by atoms with Crippen molar-refractivity contribution in [3.63, 3.8) is 0 Å². The van der Waals surface area contributed by atoms with Gasteiger partial charge in [0.25, 0.3) is 0 Å². The van der Waals surface area contributed by atoms with Gasteiger partial charge < -0.3 is 10.4 Å². The van der Waals surface area contributed by atoms with Gasteiger partial charge >= 0.3 is 5.97 Å². The van der Waals surface area contributed by atoms with Gasteiger partial charge in [-0.3, -0.25) is 4.90 Å². The fraction of sp³-hybridized carbons (Fsp3) is 0.538. The van der Waals surface area contributed by atoms with Crippen LogP contribution in [0.25, 0.3) is 0 Å².